The zero-order valence-corrected chi connectivity index (χ0v) is 13.2. The van der Waals surface area contributed by atoms with Crippen molar-refractivity contribution in [2.45, 2.75) is 39.2 Å². The first kappa shape index (κ1) is 16.8. The predicted octanol–water partition coefficient (Wildman–Crippen LogP) is 4.33. The number of nitrogens with one attached hydrogen (secondary N) is 1. The minimum Gasteiger partial charge on any atom is -0.382 e. The molecule has 0 amide bonds. The van der Waals surface area contributed by atoms with Gasteiger partial charge in [-0.05, 0) is 50.4 Å². The SMILES string of the molecule is CCCNC(CCOCC)Cc1ccc(Cl)c(Cl)c1. The van der Waals surface area contributed by atoms with Crippen molar-refractivity contribution in [1.82, 2.24) is 5.32 Å². The second-order valence-corrected chi connectivity index (χ2v) is 5.40. The lowest BCUT2D eigenvalue weighted by atomic mass is 10.0. The highest BCUT2D eigenvalue weighted by atomic mass is 35.5. The highest BCUT2D eigenvalue weighted by Crippen LogP contribution is 2.23. The first-order chi connectivity index (χ1) is 9.17. The van der Waals surface area contributed by atoms with Gasteiger partial charge in [0, 0.05) is 19.3 Å². The summed E-state index contributed by atoms with van der Waals surface area (Å²) in [4.78, 5) is 0. The molecule has 0 saturated heterocycles. The van der Waals surface area contributed by atoms with Gasteiger partial charge in [0.2, 0.25) is 0 Å². The van der Waals surface area contributed by atoms with Gasteiger partial charge in [0.15, 0.2) is 0 Å². The fraction of sp³-hybridized carbons (Fsp3) is 0.600. The van der Waals surface area contributed by atoms with Gasteiger partial charge in [-0.3, -0.25) is 0 Å². The summed E-state index contributed by atoms with van der Waals surface area (Å²) in [6.07, 6.45) is 3.09. The Bertz CT molecular complexity index is 371. The Morgan fingerprint density at radius 1 is 1.21 bits per heavy atom. The van der Waals surface area contributed by atoms with E-state index in [-0.39, 0.29) is 0 Å². The highest BCUT2D eigenvalue weighted by molar-refractivity contribution is 6.42. The molecule has 108 valence electrons. The van der Waals surface area contributed by atoms with E-state index in [1.165, 1.54) is 5.56 Å². The monoisotopic (exact) mass is 303 g/mol. The molecule has 0 aliphatic heterocycles. The van der Waals surface area contributed by atoms with Crippen LogP contribution in [0.5, 0.6) is 0 Å². The molecule has 1 N–H and O–H groups in total. The number of benzene rings is 1. The molecular weight excluding hydrogens is 281 g/mol. The van der Waals surface area contributed by atoms with E-state index >= 15 is 0 Å². The van der Waals surface area contributed by atoms with Crippen LogP contribution in [0.1, 0.15) is 32.3 Å². The lowest BCUT2D eigenvalue weighted by molar-refractivity contribution is 0.136. The van der Waals surface area contributed by atoms with Crippen LogP contribution >= 0.6 is 23.2 Å². The van der Waals surface area contributed by atoms with Crippen LogP contribution in [0.3, 0.4) is 0 Å². The van der Waals surface area contributed by atoms with Gasteiger partial charge in [-0.2, -0.15) is 0 Å². The standard InChI is InChI=1S/C15H23Cl2NO/c1-3-8-18-13(7-9-19-4-2)10-12-5-6-14(16)15(17)11-12/h5-6,11,13,18H,3-4,7-10H2,1-2H3. The third-order valence-corrected chi connectivity index (χ3v) is 3.70. The summed E-state index contributed by atoms with van der Waals surface area (Å²) in [5.41, 5.74) is 1.21. The van der Waals surface area contributed by atoms with Crippen LogP contribution in [0.25, 0.3) is 0 Å². The summed E-state index contributed by atoms with van der Waals surface area (Å²) in [5, 5.41) is 4.79. The second kappa shape index (κ2) is 9.60. The Morgan fingerprint density at radius 2 is 2.00 bits per heavy atom. The highest BCUT2D eigenvalue weighted by Gasteiger charge is 2.10. The third kappa shape index (κ3) is 6.62. The van der Waals surface area contributed by atoms with Crippen LogP contribution in [-0.4, -0.2) is 25.8 Å². The molecule has 0 aromatic heterocycles. The topological polar surface area (TPSA) is 21.3 Å². The van der Waals surface area contributed by atoms with Crippen molar-refractivity contribution in [2.75, 3.05) is 19.8 Å². The molecule has 0 radical (unpaired) electrons. The maximum Gasteiger partial charge on any atom is 0.0595 e. The molecule has 0 aliphatic carbocycles. The van der Waals surface area contributed by atoms with Crippen molar-refractivity contribution >= 4 is 23.2 Å². The van der Waals surface area contributed by atoms with Gasteiger partial charge in [0.1, 0.15) is 0 Å². The van der Waals surface area contributed by atoms with Gasteiger partial charge in [-0.25, -0.2) is 0 Å². The molecule has 1 aromatic carbocycles. The van der Waals surface area contributed by atoms with Crippen LogP contribution < -0.4 is 5.32 Å². The molecule has 0 bridgehead atoms. The summed E-state index contributed by atoms with van der Waals surface area (Å²) in [5.74, 6) is 0. The molecular formula is C15H23Cl2NO. The average molecular weight is 304 g/mol. The number of ether oxygens (including phenoxy) is 1. The van der Waals surface area contributed by atoms with Gasteiger partial charge in [-0.1, -0.05) is 36.2 Å². The number of halogens is 2. The fourth-order valence-corrected chi connectivity index (χ4v) is 2.27. The Balaban J connectivity index is 2.56. The van der Waals surface area contributed by atoms with Crippen molar-refractivity contribution in [1.29, 1.82) is 0 Å². The summed E-state index contributed by atoms with van der Waals surface area (Å²) in [7, 11) is 0. The first-order valence-electron chi connectivity index (χ1n) is 6.92. The second-order valence-electron chi connectivity index (χ2n) is 4.59. The van der Waals surface area contributed by atoms with E-state index in [0.29, 0.717) is 16.1 Å². The van der Waals surface area contributed by atoms with Gasteiger partial charge in [0.25, 0.3) is 0 Å². The van der Waals surface area contributed by atoms with Crippen molar-refractivity contribution in [3.63, 3.8) is 0 Å². The maximum atomic E-state index is 6.05. The minimum atomic E-state index is 0.420. The summed E-state index contributed by atoms with van der Waals surface area (Å²) in [6, 6.07) is 6.27. The van der Waals surface area contributed by atoms with E-state index in [1.807, 2.05) is 25.1 Å². The van der Waals surface area contributed by atoms with E-state index in [4.69, 9.17) is 27.9 Å². The molecule has 2 nitrogen and oxygen atoms in total. The molecule has 0 aliphatic rings. The molecule has 1 aromatic rings. The van der Waals surface area contributed by atoms with E-state index in [9.17, 15) is 0 Å². The molecule has 1 rings (SSSR count). The lowest BCUT2D eigenvalue weighted by Gasteiger charge is -2.18. The van der Waals surface area contributed by atoms with Crippen molar-refractivity contribution in [2.24, 2.45) is 0 Å². The summed E-state index contributed by atoms with van der Waals surface area (Å²) >= 11 is 12.0. The molecule has 0 fully saturated rings. The Kier molecular flexibility index (Phi) is 8.47. The zero-order valence-electron chi connectivity index (χ0n) is 11.7. The van der Waals surface area contributed by atoms with Crippen LogP contribution in [0.4, 0.5) is 0 Å². The molecule has 1 unspecified atom stereocenters. The third-order valence-electron chi connectivity index (χ3n) is 2.96. The largest absolute Gasteiger partial charge is 0.382 e. The fourth-order valence-electron chi connectivity index (χ4n) is 1.95. The molecule has 0 heterocycles. The van der Waals surface area contributed by atoms with Crippen LogP contribution in [-0.2, 0) is 11.2 Å². The molecule has 0 saturated carbocycles. The van der Waals surface area contributed by atoms with Gasteiger partial charge >= 0.3 is 0 Å². The lowest BCUT2D eigenvalue weighted by Crippen LogP contribution is -2.33. The van der Waals surface area contributed by atoms with Crippen molar-refractivity contribution < 1.29 is 4.74 Å². The van der Waals surface area contributed by atoms with E-state index in [1.54, 1.807) is 0 Å². The van der Waals surface area contributed by atoms with Gasteiger partial charge < -0.3 is 10.1 Å². The molecule has 1 atom stereocenters. The van der Waals surface area contributed by atoms with E-state index < -0.39 is 0 Å². The molecule has 0 spiro atoms. The zero-order chi connectivity index (χ0) is 14.1. The van der Waals surface area contributed by atoms with E-state index in [0.717, 1.165) is 39.0 Å². The Hall–Kier alpha value is -0.280. The molecule has 19 heavy (non-hydrogen) atoms. The number of hydrogen-bond acceptors (Lipinski definition) is 2. The maximum absolute atomic E-state index is 6.05. The van der Waals surface area contributed by atoms with Gasteiger partial charge in [-0.15, -0.1) is 0 Å². The number of hydrogen-bond donors (Lipinski definition) is 1. The number of rotatable bonds is 9. The average Bonchev–Trinajstić information content (AvgIpc) is 2.40. The van der Waals surface area contributed by atoms with Crippen molar-refractivity contribution in [3.8, 4) is 0 Å². The first-order valence-corrected chi connectivity index (χ1v) is 7.68. The smallest absolute Gasteiger partial charge is 0.0595 e. The predicted molar refractivity (Wildman–Crippen MR) is 83.4 cm³/mol. The van der Waals surface area contributed by atoms with Crippen LogP contribution in [0, 0.1) is 0 Å². The Labute approximate surface area is 126 Å². The van der Waals surface area contributed by atoms with E-state index in [2.05, 4.69) is 12.2 Å². The summed E-state index contributed by atoms with van der Waals surface area (Å²) in [6.45, 7) is 6.78. The van der Waals surface area contributed by atoms with Crippen LogP contribution in [0.2, 0.25) is 10.0 Å². The van der Waals surface area contributed by atoms with Crippen LogP contribution in [0.15, 0.2) is 18.2 Å². The minimum absolute atomic E-state index is 0.420. The van der Waals surface area contributed by atoms with Gasteiger partial charge in [0.05, 0.1) is 10.0 Å². The Morgan fingerprint density at radius 3 is 2.63 bits per heavy atom. The molecule has 4 heteroatoms. The summed E-state index contributed by atoms with van der Waals surface area (Å²) < 4.78 is 5.44. The quantitative estimate of drug-likeness (QED) is 0.686. The van der Waals surface area contributed by atoms with Crippen molar-refractivity contribution in [3.05, 3.63) is 33.8 Å². The normalized spacial score (nSPS) is 12.6.